The van der Waals surface area contributed by atoms with Gasteiger partial charge in [0.1, 0.15) is 0 Å². The summed E-state index contributed by atoms with van der Waals surface area (Å²) in [4.78, 5) is 2.53. The van der Waals surface area contributed by atoms with Crippen LogP contribution in [0, 0.1) is 11.8 Å². The van der Waals surface area contributed by atoms with Crippen LogP contribution in [0.4, 0.5) is 0 Å². The highest BCUT2D eigenvalue weighted by molar-refractivity contribution is 7.80. The summed E-state index contributed by atoms with van der Waals surface area (Å²) in [6, 6.07) is 0. The van der Waals surface area contributed by atoms with Crippen LogP contribution >= 0.6 is 12.6 Å². The van der Waals surface area contributed by atoms with E-state index < -0.39 is 0 Å². The van der Waals surface area contributed by atoms with Crippen LogP contribution in [0.5, 0.6) is 0 Å². The molecular formula is C10H21NOS. The Balaban J connectivity index is 2.17. The molecule has 0 radical (unpaired) electrons. The molecule has 1 saturated heterocycles. The average Bonchev–Trinajstić information content (AvgIpc) is 2.53. The van der Waals surface area contributed by atoms with Crippen molar-refractivity contribution in [2.45, 2.75) is 13.3 Å². The third kappa shape index (κ3) is 3.88. The summed E-state index contributed by atoms with van der Waals surface area (Å²) >= 11 is 4.30. The van der Waals surface area contributed by atoms with Crippen molar-refractivity contribution in [1.82, 2.24) is 4.90 Å². The van der Waals surface area contributed by atoms with Crippen molar-refractivity contribution in [1.29, 1.82) is 0 Å². The summed E-state index contributed by atoms with van der Waals surface area (Å²) in [5.74, 6) is 2.47. The Morgan fingerprint density at radius 3 is 3.00 bits per heavy atom. The third-order valence-corrected chi connectivity index (χ3v) is 3.28. The van der Waals surface area contributed by atoms with E-state index in [2.05, 4.69) is 24.5 Å². The van der Waals surface area contributed by atoms with E-state index in [4.69, 9.17) is 4.74 Å². The van der Waals surface area contributed by atoms with Gasteiger partial charge in [-0.05, 0) is 30.6 Å². The summed E-state index contributed by atoms with van der Waals surface area (Å²) in [6.07, 6.45) is 1.30. The highest BCUT2D eigenvalue weighted by Crippen LogP contribution is 2.17. The molecule has 78 valence electrons. The molecule has 0 aromatic heterocycles. The maximum Gasteiger partial charge on any atom is 0.0503 e. The van der Waals surface area contributed by atoms with E-state index in [1.807, 2.05) is 0 Å². The molecule has 1 heterocycles. The summed E-state index contributed by atoms with van der Waals surface area (Å²) < 4.78 is 5.16. The summed E-state index contributed by atoms with van der Waals surface area (Å²) in [6.45, 7) is 6.84. The number of hydrogen-bond donors (Lipinski definition) is 1. The molecule has 0 saturated carbocycles. The van der Waals surface area contributed by atoms with Crippen molar-refractivity contribution in [3.63, 3.8) is 0 Å². The minimum atomic E-state index is 0.713. The van der Waals surface area contributed by atoms with E-state index in [0.29, 0.717) is 5.92 Å². The smallest absolute Gasteiger partial charge is 0.0503 e. The van der Waals surface area contributed by atoms with Gasteiger partial charge >= 0.3 is 0 Å². The monoisotopic (exact) mass is 203 g/mol. The van der Waals surface area contributed by atoms with Crippen molar-refractivity contribution >= 4 is 12.6 Å². The van der Waals surface area contributed by atoms with Gasteiger partial charge in [0.15, 0.2) is 0 Å². The van der Waals surface area contributed by atoms with Crippen molar-refractivity contribution in [2.24, 2.45) is 11.8 Å². The minimum Gasteiger partial charge on any atom is -0.384 e. The number of thiol groups is 1. The van der Waals surface area contributed by atoms with Crippen molar-refractivity contribution in [2.75, 3.05) is 39.1 Å². The summed E-state index contributed by atoms with van der Waals surface area (Å²) in [5.41, 5.74) is 0. The van der Waals surface area contributed by atoms with Crippen LogP contribution in [0.2, 0.25) is 0 Å². The Hall–Kier alpha value is 0.270. The van der Waals surface area contributed by atoms with Gasteiger partial charge in [-0.25, -0.2) is 0 Å². The van der Waals surface area contributed by atoms with Crippen LogP contribution in [0.15, 0.2) is 0 Å². The first-order chi connectivity index (χ1) is 6.26. The van der Waals surface area contributed by atoms with Gasteiger partial charge in [-0.2, -0.15) is 12.6 Å². The van der Waals surface area contributed by atoms with E-state index in [1.54, 1.807) is 7.11 Å². The number of hydrogen-bond acceptors (Lipinski definition) is 3. The van der Waals surface area contributed by atoms with E-state index in [-0.39, 0.29) is 0 Å². The van der Waals surface area contributed by atoms with Crippen LogP contribution in [-0.4, -0.2) is 44.0 Å². The highest BCUT2D eigenvalue weighted by atomic mass is 32.1. The van der Waals surface area contributed by atoms with Crippen LogP contribution < -0.4 is 0 Å². The second kappa shape index (κ2) is 5.89. The zero-order valence-corrected chi connectivity index (χ0v) is 9.59. The first-order valence-electron chi connectivity index (χ1n) is 5.08. The first-order valence-corrected chi connectivity index (χ1v) is 5.71. The molecule has 13 heavy (non-hydrogen) atoms. The van der Waals surface area contributed by atoms with E-state index >= 15 is 0 Å². The molecule has 0 aliphatic carbocycles. The second-order valence-electron chi connectivity index (χ2n) is 4.16. The predicted molar refractivity (Wildman–Crippen MR) is 59.4 cm³/mol. The quantitative estimate of drug-likeness (QED) is 0.680. The lowest BCUT2D eigenvalue weighted by molar-refractivity contribution is 0.152. The number of likely N-dealkylation sites (tertiary alicyclic amines) is 1. The van der Waals surface area contributed by atoms with E-state index in [0.717, 1.165) is 18.3 Å². The zero-order valence-electron chi connectivity index (χ0n) is 8.70. The molecule has 1 rings (SSSR count). The van der Waals surface area contributed by atoms with Crippen LogP contribution in [0.1, 0.15) is 13.3 Å². The molecule has 1 aliphatic heterocycles. The minimum absolute atomic E-state index is 0.713. The Kier molecular flexibility index (Phi) is 5.14. The molecule has 0 bridgehead atoms. The molecule has 0 amide bonds. The lowest BCUT2D eigenvalue weighted by Gasteiger charge is -2.19. The molecule has 1 aliphatic rings. The maximum atomic E-state index is 5.16. The molecule has 2 unspecified atom stereocenters. The fourth-order valence-corrected chi connectivity index (χ4v) is 2.06. The fourth-order valence-electron chi connectivity index (χ4n) is 1.95. The van der Waals surface area contributed by atoms with Gasteiger partial charge in [0.25, 0.3) is 0 Å². The van der Waals surface area contributed by atoms with Crippen molar-refractivity contribution in [3.8, 4) is 0 Å². The van der Waals surface area contributed by atoms with Gasteiger partial charge in [0, 0.05) is 20.2 Å². The molecular weight excluding hydrogens is 182 g/mol. The fraction of sp³-hybridized carbons (Fsp3) is 1.00. The predicted octanol–water partition coefficient (Wildman–Crippen LogP) is 1.52. The Bertz CT molecular complexity index is 143. The molecule has 3 heteroatoms. The maximum absolute atomic E-state index is 5.16. The second-order valence-corrected chi connectivity index (χ2v) is 4.52. The lowest BCUT2D eigenvalue weighted by atomic mass is 10.1. The number of nitrogens with zero attached hydrogens (tertiary/aromatic N) is 1. The molecule has 0 aromatic rings. The largest absolute Gasteiger partial charge is 0.384 e. The number of ether oxygens (including phenoxy) is 1. The Labute approximate surface area is 87.0 Å². The Morgan fingerprint density at radius 1 is 1.62 bits per heavy atom. The SMILES string of the molecule is COCC1CCN(CC(C)CS)C1. The zero-order chi connectivity index (χ0) is 9.68. The Morgan fingerprint density at radius 2 is 2.38 bits per heavy atom. The number of rotatable bonds is 5. The molecule has 2 atom stereocenters. The van der Waals surface area contributed by atoms with Gasteiger partial charge in [-0.3, -0.25) is 0 Å². The molecule has 0 spiro atoms. The van der Waals surface area contributed by atoms with Crippen LogP contribution in [0.25, 0.3) is 0 Å². The van der Waals surface area contributed by atoms with Crippen molar-refractivity contribution in [3.05, 3.63) is 0 Å². The molecule has 0 aromatic carbocycles. The topological polar surface area (TPSA) is 12.5 Å². The van der Waals surface area contributed by atoms with Crippen LogP contribution in [-0.2, 0) is 4.74 Å². The highest BCUT2D eigenvalue weighted by Gasteiger charge is 2.22. The number of methoxy groups -OCH3 is 1. The first kappa shape index (κ1) is 11.3. The lowest BCUT2D eigenvalue weighted by Crippen LogP contribution is -2.27. The standard InChI is InChI=1S/C10H21NOS/c1-9(8-13)5-11-4-3-10(6-11)7-12-2/h9-10,13H,3-8H2,1-2H3. The van der Waals surface area contributed by atoms with E-state index in [1.165, 1.54) is 26.1 Å². The molecule has 2 nitrogen and oxygen atoms in total. The molecule has 1 fully saturated rings. The van der Waals surface area contributed by atoms with Gasteiger partial charge in [0.05, 0.1) is 6.61 Å². The third-order valence-electron chi connectivity index (χ3n) is 2.65. The van der Waals surface area contributed by atoms with Gasteiger partial charge in [-0.15, -0.1) is 0 Å². The van der Waals surface area contributed by atoms with E-state index in [9.17, 15) is 0 Å². The van der Waals surface area contributed by atoms with Crippen molar-refractivity contribution < 1.29 is 4.74 Å². The average molecular weight is 203 g/mol. The summed E-state index contributed by atoms with van der Waals surface area (Å²) in [5, 5.41) is 0. The normalized spacial score (nSPS) is 26.5. The van der Waals surface area contributed by atoms with Gasteiger partial charge in [0.2, 0.25) is 0 Å². The summed E-state index contributed by atoms with van der Waals surface area (Å²) in [7, 11) is 1.79. The van der Waals surface area contributed by atoms with Gasteiger partial charge in [-0.1, -0.05) is 6.92 Å². The van der Waals surface area contributed by atoms with Crippen LogP contribution in [0.3, 0.4) is 0 Å². The molecule has 0 N–H and O–H groups in total. The van der Waals surface area contributed by atoms with Gasteiger partial charge < -0.3 is 9.64 Å².